The topological polar surface area (TPSA) is 37.9 Å². The van der Waals surface area contributed by atoms with E-state index in [1.807, 2.05) is 0 Å². The number of rotatable bonds is 3. The minimum absolute atomic E-state index is 0.469. The van der Waals surface area contributed by atoms with E-state index in [0.717, 1.165) is 11.5 Å². The van der Waals surface area contributed by atoms with Crippen LogP contribution in [0.3, 0.4) is 0 Å². The van der Waals surface area contributed by atoms with Gasteiger partial charge >= 0.3 is 0 Å². The summed E-state index contributed by atoms with van der Waals surface area (Å²) in [5.41, 5.74) is 0.925. The molecule has 4 heteroatoms. The normalized spacial score (nSPS) is 10.2. The van der Waals surface area contributed by atoms with Crippen LogP contribution < -0.4 is 0 Å². The quantitative estimate of drug-likeness (QED) is 0.677. The Bertz CT molecular complexity index is 199. The first kappa shape index (κ1) is 7.57. The Hall–Kier alpha value is -0.540. The third-order valence-electron chi connectivity index (χ3n) is 1.11. The molecule has 0 unspecified atom stereocenters. The second-order valence-corrected chi connectivity index (χ2v) is 2.19. The fourth-order valence-corrected chi connectivity index (χ4v) is 0.820. The van der Waals surface area contributed by atoms with E-state index in [1.165, 1.54) is 0 Å². The molecule has 56 valence electrons. The molecule has 0 aliphatic carbocycles. The third kappa shape index (κ3) is 1.72. The highest BCUT2D eigenvalue weighted by atomic mass is 35.5. The molecule has 0 spiro atoms. The van der Waals surface area contributed by atoms with Gasteiger partial charge in [-0.1, -0.05) is 0 Å². The van der Waals surface area contributed by atoms with Crippen LogP contribution in [0.1, 0.15) is 11.5 Å². The second kappa shape index (κ2) is 3.58. The Morgan fingerprint density at radius 1 is 1.80 bits per heavy atom. The van der Waals surface area contributed by atoms with Crippen LogP contribution in [0.5, 0.6) is 0 Å². The first-order chi connectivity index (χ1) is 4.86. The van der Waals surface area contributed by atoms with Crippen LogP contribution in [0, 0.1) is 0 Å². The SMILES string of the molecule is COCc1ncc(CCl)[nH]1. The van der Waals surface area contributed by atoms with Crippen LogP contribution >= 0.6 is 11.6 Å². The highest BCUT2D eigenvalue weighted by Gasteiger charge is 1.96. The Labute approximate surface area is 64.4 Å². The highest BCUT2D eigenvalue weighted by molar-refractivity contribution is 6.16. The molecule has 1 N–H and O–H groups in total. The number of imidazole rings is 1. The number of halogens is 1. The average molecular weight is 161 g/mol. The van der Waals surface area contributed by atoms with Crippen molar-refractivity contribution < 1.29 is 4.74 Å². The molecule has 1 aromatic heterocycles. The first-order valence-corrected chi connectivity index (χ1v) is 3.48. The molecule has 10 heavy (non-hydrogen) atoms. The predicted octanol–water partition coefficient (Wildman–Crippen LogP) is 1.29. The average Bonchev–Trinajstić information content (AvgIpc) is 2.37. The molecule has 3 nitrogen and oxygen atoms in total. The number of aromatic amines is 1. The Kier molecular flexibility index (Phi) is 2.71. The summed E-state index contributed by atoms with van der Waals surface area (Å²) in [6.07, 6.45) is 1.71. The molecular formula is C6H9ClN2O. The van der Waals surface area contributed by atoms with E-state index in [1.54, 1.807) is 13.3 Å². The smallest absolute Gasteiger partial charge is 0.132 e. The largest absolute Gasteiger partial charge is 0.377 e. The van der Waals surface area contributed by atoms with E-state index in [-0.39, 0.29) is 0 Å². The molecule has 0 fully saturated rings. The summed E-state index contributed by atoms with van der Waals surface area (Å²) in [7, 11) is 1.63. The molecule has 0 atom stereocenters. The maximum Gasteiger partial charge on any atom is 0.132 e. The summed E-state index contributed by atoms with van der Waals surface area (Å²) in [6, 6.07) is 0. The van der Waals surface area contributed by atoms with Crippen molar-refractivity contribution in [2.24, 2.45) is 0 Å². The molecule has 0 saturated carbocycles. The molecule has 0 radical (unpaired) electrons. The molecule has 1 rings (SSSR count). The van der Waals surface area contributed by atoms with Crippen LogP contribution in [0.25, 0.3) is 0 Å². The van der Waals surface area contributed by atoms with Crippen molar-refractivity contribution >= 4 is 11.6 Å². The molecule has 0 saturated heterocycles. The van der Waals surface area contributed by atoms with E-state index in [0.29, 0.717) is 12.5 Å². The molecule has 1 aromatic rings. The number of nitrogens with one attached hydrogen (secondary N) is 1. The number of nitrogens with zero attached hydrogens (tertiary/aromatic N) is 1. The monoisotopic (exact) mass is 160 g/mol. The summed E-state index contributed by atoms with van der Waals surface area (Å²) in [5.74, 6) is 1.29. The van der Waals surface area contributed by atoms with Crippen molar-refractivity contribution in [1.82, 2.24) is 9.97 Å². The van der Waals surface area contributed by atoms with Crippen molar-refractivity contribution in [2.75, 3.05) is 7.11 Å². The Morgan fingerprint density at radius 3 is 3.10 bits per heavy atom. The lowest BCUT2D eigenvalue weighted by Crippen LogP contribution is -1.89. The van der Waals surface area contributed by atoms with Gasteiger partial charge in [-0.05, 0) is 0 Å². The summed E-state index contributed by atoms with van der Waals surface area (Å²) in [5, 5.41) is 0. The number of ether oxygens (including phenoxy) is 1. The molecule has 0 amide bonds. The Balaban J connectivity index is 2.59. The van der Waals surface area contributed by atoms with Crippen molar-refractivity contribution in [3.05, 3.63) is 17.7 Å². The van der Waals surface area contributed by atoms with Gasteiger partial charge in [-0.2, -0.15) is 0 Å². The Morgan fingerprint density at radius 2 is 2.60 bits per heavy atom. The van der Waals surface area contributed by atoms with Crippen molar-refractivity contribution in [3.63, 3.8) is 0 Å². The number of methoxy groups -OCH3 is 1. The molecular weight excluding hydrogens is 152 g/mol. The standard InChI is InChI=1S/C6H9ClN2O/c1-10-4-6-8-3-5(2-7)9-6/h3H,2,4H2,1H3,(H,8,9). The van der Waals surface area contributed by atoms with Crippen LogP contribution in [-0.2, 0) is 17.2 Å². The van der Waals surface area contributed by atoms with E-state index in [9.17, 15) is 0 Å². The third-order valence-corrected chi connectivity index (χ3v) is 1.39. The zero-order valence-electron chi connectivity index (χ0n) is 5.72. The maximum atomic E-state index is 5.53. The van der Waals surface area contributed by atoms with Crippen LogP contribution in [-0.4, -0.2) is 17.1 Å². The van der Waals surface area contributed by atoms with Gasteiger partial charge in [0.15, 0.2) is 0 Å². The van der Waals surface area contributed by atoms with Gasteiger partial charge in [0, 0.05) is 19.0 Å². The zero-order valence-corrected chi connectivity index (χ0v) is 6.48. The van der Waals surface area contributed by atoms with Gasteiger partial charge in [-0.15, -0.1) is 11.6 Å². The summed E-state index contributed by atoms with van der Waals surface area (Å²) >= 11 is 5.53. The van der Waals surface area contributed by atoms with Crippen molar-refractivity contribution in [3.8, 4) is 0 Å². The van der Waals surface area contributed by atoms with Gasteiger partial charge in [-0.3, -0.25) is 0 Å². The lowest BCUT2D eigenvalue weighted by Gasteiger charge is -1.90. The lowest BCUT2D eigenvalue weighted by atomic mass is 10.6. The van der Waals surface area contributed by atoms with Gasteiger partial charge in [-0.25, -0.2) is 4.98 Å². The minimum Gasteiger partial charge on any atom is -0.377 e. The van der Waals surface area contributed by atoms with Gasteiger partial charge in [0.05, 0.1) is 5.88 Å². The minimum atomic E-state index is 0.469. The second-order valence-electron chi connectivity index (χ2n) is 1.92. The van der Waals surface area contributed by atoms with Crippen LogP contribution in [0.2, 0.25) is 0 Å². The number of aromatic nitrogens is 2. The molecule has 1 heterocycles. The number of hydrogen-bond donors (Lipinski definition) is 1. The molecule has 0 aliphatic rings. The molecule has 0 aliphatic heterocycles. The number of hydrogen-bond acceptors (Lipinski definition) is 2. The van der Waals surface area contributed by atoms with E-state index in [2.05, 4.69) is 9.97 Å². The summed E-state index contributed by atoms with van der Waals surface area (Å²) in [6.45, 7) is 0.511. The van der Waals surface area contributed by atoms with E-state index in [4.69, 9.17) is 16.3 Å². The van der Waals surface area contributed by atoms with Crippen molar-refractivity contribution in [2.45, 2.75) is 12.5 Å². The van der Waals surface area contributed by atoms with Crippen LogP contribution in [0.4, 0.5) is 0 Å². The number of H-pyrrole nitrogens is 1. The van der Waals surface area contributed by atoms with E-state index < -0.39 is 0 Å². The first-order valence-electron chi connectivity index (χ1n) is 2.94. The molecule has 0 aromatic carbocycles. The van der Waals surface area contributed by atoms with E-state index >= 15 is 0 Å². The fourth-order valence-electron chi connectivity index (χ4n) is 0.684. The van der Waals surface area contributed by atoms with Gasteiger partial charge in [0.1, 0.15) is 12.4 Å². The predicted molar refractivity (Wildman–Crippen MR) is 38.9 cm³/mol. The highest BCUT2D eigenvalue weighted by Crippen LogP contribution is 2.00. The lowest BCUT2D eigenvalue weighted by molar-refractivity contribution is 0.178. The summed E-state index contributed by atoms with van der Waals surface area (Å²) < 4.78 is 4.85. The zero-order chi connectivity index (χ0) is 7.40. The van der Waals surface area contributed by atoms with Crippen molar-refractivity contribution in [1.29, 1.82) is 0 Å². The van der Waals surface area contributed by atoms with Gasteiger partial charge in [0.25, 0.3) is 0 Å². The van der Waals surface area contributed by atoms with Gasteiger partial charge < -0.3 is 9.72 Å². The fraction of sp³-hybridized carbons (Fsp3) is 0.500. The van der Waals surface area contributed by atoms with Crippen LogP contribution in [0.15, 0.2) is 6.20 Å². The number of alkyl halides is 1. The molecule has 0 bridgehead atoms. The van der Waals surface area contributed by atoms with Gasteiger partial charge in [0.2, 0.25) is 0 Å². The summed E-state index contributed by atoms with van der Waals surface area (Å²) in [4.78, 5) is 7.01. The maximum absolute atomic E-state index is 5.53.